The van der Waals surface area contributed by atoms with Gasteiger partial charge in [-0.15, -0.1) is 0 Å². The van der Waals surface area contributed by atoms with E-state index in [1.54, 1.807) is 72.8 Å². The molecule has 0 unspecified atom stereocenters. The van der Waals surface area contributed by atoms with Gasteiger partial charge in [-0.2, -0.15) is 0 Å². The number of amides is 2. The highest BCUT2D eigenvalue weighted by atomic mass is 16.7. The summed E-state index contributed by atoms with van der Waals surface area (Å²) in [6, 6.07) is 21.2. The van der Waals surface area contributed by atoms with Crippen LogP contribution in [0.3, 0.4) is 0 Å². The van der Waals surface area contributed by atoms with Crippen LogP contribution >= 0.6 is 0 Å². The normalized spacial score (nSPS) is 13.1. The standard InChI is InChI=1S/C26H22N2O6/c29-24(19-9-5-2-6-10-19)27-20(14-18-11-12-22-23(15-18)34-16-33-22)25(30)28-21(26(31)32)13-17-7-3-1-4-8-17/h1-12,14-15,21H,13,16H2,(H,27,29)(H,28,30)(H,31,32)/b20-14-/t21-/m0/s1. The fraction of sp³-hybridized carbons (Fsp3) is 0.115. The Morgan fingerprint density at radius 1 is 0.912 bits per heavy atom. The van der Waals surface area contributed by atoms with Crippen molar-refractivity contribution in [2.75, 3.05) is 6.79 Å². The molecule has 1 atom stereocenters. The molecule has 3 aromatic rings. The maximum Gasteiger partial charge on any atom is 0.326 e. The molecular formula is C26H22N2O6. The van der Waals surface area contributed by atoms with Crippen LogP contribution in [0, 0.1) is 0 Å². The van der Waals surface area contributed by atoms with Gasteiger partial charge in [-0.25, -0.2) is 4.79 Å². The molecule has 0 radical (unpaired) electrons. The lowest BCUT2D eigenvalue weighted by molar-refractivity contribution is -0.141. The first-order valence-corrected chi connectivity index (χ1v) is 10.5. The van der Waals surface area contributed by atoms with E-state index in [1.807, 2.05) is 6.07 Å². The second-order valence-corrected chi connectivity index (χ2v) is 7.54. The van der Waals surface area contributed by atoms with Crippen LogP contribution in [-0.2, 0) is 16.0 Å². The maximum atomic E-state index is 13.1. The number of hydrogen-bond donors (Lipinski definition) is 3. The van der Waals surface area contributed by atoms with Crippen molar-refractivity contribution < 1.29 is 29.0 Å². The Kier molecular flexibility index (Phi) is 6.88. The summed E-state index contributed by atoms with van der Waals surface area (Å²) in [5, 5.41) is 14.8. The van der Waals surface area contributed by atoms with Gasteiger partial charge in [0, 0.05) is 12.0 Å². The molecule has 3 N–H and O–H groups in total. The van der Waals surface area contributed by atoms with Crippen LogP contribution in [0.4, 0.5) is 0 Å². The Morgan fingerprint density at radius 2 is 1.59 bits per heavy atom. The van der Waals surface area contributed by atoms with Gasteiger partial charge in [-0.1, -0.05) is 54.6 Å². The highest BCUT2D eigenvalue weighted by Crippen LogP contribution is 2.33. The molecule has 0 aliphatic carbocycles. The zero-order chi connectivity index (χ0) is 23.9. The molecule has 3 aromatic carbocycles. The van der Waals surface area contributed by atoms with Crippen molar-refractivity contribution in [2.45, 2.75) is 12.5 Å². The monoisotopic (exact) mass is 458 g/mol. The minimum atomic E-state index is -1.19. The summed E-state index contributed by atoms with van der Waals surface area (Å²) in [5.41, 5.74) is 1.57. The molecule has 1 aliphatic rings. The van der Waals surface area contributed by atoms with E-state index < -0.39 is 23.8 Å². The largest absolute Gasteiger partial charge is 0.480 e. The van der Waals surface area contributed by atoms with Crippen LogP contribution in [0.15, 0.2) is 84.6 Å². The molecule has 0 bridgehead atoms. The lowest BCUT2D eigenvalue weighted by Crippen LogP contribution is -2.45. The minimum Gasteiger partial charge on any atom is -0.480 e. The molecule has 2 amide bonds. The molecule has 4 rings (SSSR count). The molecule has 0 saturated carbocycles. The fourth-order valence-corrected chi connectivity index (χ4v) is 3.40. The van der Waals surface area contributed by atoms with E-state index in [2.05, 4.69) is 10.6 Å². The van der Waals surface area contributed by atoms with Crippen molar-refractivity contribution >= 4 is 23.9 Å². The van der Waals surface area contributed by atoms with E-state index in [-0.39, 0.29) is 18.9 Å². The summed E-state index contributed by atoms with van der Waals surface area (Å²) < 4.78 is 10.7. The molecule has 34 heavy (non-hydrogen) atoms. The lowest BCUT2D eigenvalue weighted by atomic mass is 10.1. The SMILES string of the molecule is O=C(N[C@@H](Cc1ccccc1)C(=O)O)/C(=C/c1ccc2c(c1)OCO2)NC(=O)c1ccccc1. The first kappa shape index (κ1) is 22.6. The van der Waals surface area contributed by atoms with Crippen molar-refractivity contribution in [1.29, 1.82) is 0 Å². The summed E-state index contributed by atoms with van der Waals surface area (Å²) in [4.78, 5) is 37.7. The molecule has 8 heteroatoms. The first-order valence-electron chi connectivity index (χ1n) is 10.5. The second kappa shape index (κ2) is 10.4. The van der Waals surface area contributed by atoms with E-state index in [9.17, 15) is 19.5 Å². The van der Waals surface area contributed by atoms with E-state index in [4.69, 9.17) is 9.47 Å². The Labute approximate surface area is 195 Å². The topological polar surface area (TPSA) is 114 Å². The molecule has 172 valence electrons. The van der Waals surface area contributed by atoms with Crippen LogP contribution in [0.2, 0.25) is 0 Å². The minimum absolute atomic E-state index is 0.0891. The number of hydrogen-bond acceptors (Lipinski definition) is 5. The lowest BCUT2D eigenvalue weighted by Gasteiger charge is -2.17. The van der Waals surface area contributed by atoms with Gasteiger partial charge in [0.1, 0.15) is 11.7 Å². The number of rotatable bonds is 8. The highest BCUT2D eigenvalue weighted by molar-refractivity contribution is 6.06. The molecule has 1 aliphatic heterocycles. The number of nitrogens with one attached hydrogen (secondary N) is 2. The van der Waals surface area contributed by atoms with Crippen LogP contribution in [0.25, 0.3) is 6.08 Å². The first-order chi connectivity index (χ1) is 16.5. The predicted molar refractivity (Wildman–Crippen MR) is 124 cm³/mol. The summed E-state index contributed by atoms with van der Waals surface area (Å²) in [6.45, 7) is 0.0976. The maximum absolute atomic E-state index is 13.1. The van der Waals surface area contributed by atoms with Gasteiger partial charge in [-0.3, -0.25) is 9.59 Å². The summed E-state index contributed by atoms with van der Waals surface area (Å²) in [7, 11) is 0. The third-order valence-corrected chi connectivity index (χ3v) is 5.12. The van der Waals surface area contributed by atoms with Gasteiger partial charge in [0.25, 0.3) is 11.8 Å². The number of benzene rings is 3. The van der Waals surface area contributed by atoms with Crippen LogP contribution in [-0.4, -0.2) is 35.7 Å². The van der Waals surface area contributed by atoms with Crippen molar-refractivity contribution in [3.63, 3.8) is 0 Å². The van der Waals surface area contributed by atoms with Crippen molar-refractivity contribution in [2.24, 2.45) is 0 Å². The Balaban J connectivity index is 1.60. The number of carbonyl (C=O) groups is 3. The molecular weight excluding hydrogens is 436 g/mol. The number of fused-ring (bicyclic) bond motifs is 1. The number of carboxylic acids is 1. The van der Waals surface area contributed by atoms with E-state index in [0.29, 0.717) is 22.6 Å². The van der Waals surface area contributed by atoms with E-state index >= 15 is 0 Å². The fourth-order valence-electron chi connectivity index (χ4n) is 3.40. The molecule has 0 saturated heterocycles. The Morgan fingerprint density at radius 3 is 2.29 bits per heavy atom. The van der Waals surface area contributed by atoms with Crippen LogP contribution in [0.1, 0.15) is 21.5 Å². The van der Waals surface area contributed by atoms with E-state index in [0.717, 1.165) is 5.56 Å². The molecule has 0 aromatic heterocycles. The van der Waals surface area contributed by atoms with Gasteiger partial charge in [-0.05, 0) is 41.5 Å². The van der Waals surface area contributed by atoms with E-state index in [1.165, 1.54) is 6.08 Å². The molecule has 1 heterocycles. The second-order valence-electron chi connectivity index (χ2n) is 7.54. The third kappa shape index (κ3) is 5.60. The molecule has 0 fully saturated rings. The van der Waals surface area contributed by atoms with Crippen molar-refractivity contribution in [3.05, 3.63) is 101 Å². The average Bonchev–Trinajstić information content (AvgIpc) is 3.32. The van der Waals surface area contributed by atoms with Gasteiger partial charge < -0.3 is 25.2 Å². The number of carbonyl (C=O) groups excluding carboxylic acids is 2. The predicted octanol–water partition coefficient (Wildman–Crippen LogP) is 3.00. The average molecular weight is 458 g/mol. The smallest absolute Gasteiger partial charge is 0.326 e. The molecule has 0 spiro atoms. The number of carboxylic acid groups (broad SMARTS) is 1. The van der Waals surface area contributed by atoms with Crippen molar-refractivity contribution in [3.8, 4) is 11.5 Å². The van der Waals surface area contributed by atoms with Gasteiger partial charge in [0.05, 0.1) is 0 Å². The number of aliphatic carboxylic acids is 1. The quantitative estimate of drug-likeness (QED) is 0.447. The van der Waals surface area contributed by atoms with Gasteiger partial charge >= 0.3 is 5.97 Å². The Bertz CT molecular complexity index is 1220. The summed E-state index contributed by atoms with van der Waals surface area (Å²) >= 11 is 0. The zero-order valence-corrected chi connectivity index (χ0v) is 18.1. The third-order valence-electron chi connectivity index (χ3n) is 5.12. The van der Waals surface area contributed by atoms with Gasteiger partial charge in [0.15, 0.2) is 11.5 Å². The number of ether oxygens (including phenoxy) is 2. The zero-order valence-electron chi connectivity index (χ0n) is 18.1. The van der Waals surface area contributed by atoms with Crippen LogP contribution < -0.4 is 20.1 Å². The summed E-state index contributed by atoms with van der Waals surface area (Å²) in [6.07, 6.45) is 1.55. The summed E-state index contributed by atoms with van der Waals surface area (Å²) in [5.74, 6) is -1.34. The highest BCUT2D eigenvalue weighted by Gasteiger charge is 2.24. The van der Waals surface area contributed by atoms with Gasteiger partial charge in [0.2, 0.25) is 6.79 Å². The Hall–Kier alpha value is -4.59. The van der Waals surface area contributed by atoms with Crippen molar-refractivity contribution in [1.82, 2.24) is 10.6 Å². The molecule has 8 nitrogen and oxygen atoms in total. The van der Waals surface area contributed by atoms with Crippen LogP contribution in [0.5, 0.6) is 11.5 Å².